The molecule has 4 N–H and O–H groups in total. The lowest BCUT2D eigenvalue weighted by molar-refractivity contribution is -0.117. The van der Waals surface area contributed by atoms with E-state index in [-0.39, 0.29) is 0 Å². The van der Waals surface area contributed by atoms with Crippen molar-refractivity contribution in [1.29, 1.82) is 0 Å². The van der Waals surface area contributed by atoms with Crippen LogP contribution < -0.4 is 0 Å². The second kappa shape index (κ2) is 3.30. The van der Waals surface area contributed by atoms with Crippen LogP contribution in [0.15, 0.2) is 0 Å². The van der Waals surface area contributed by atoms with E-state index in [2.05, 4.69) is 0 Å². The van der Waals surface area contributed by atoms with Gasteiger partial charge in [-0.25, -0.2) is 0 Å². The highest BCUT2D eigenvalue weighted by Crippen LogP contribution is 2.11. The molecule has 62 valence electrons. The Hall–Kier alpha value is -0.160. The zero-order valence-corrected chi connectivity index (χ0v) is 6.15. The minimum Gasteiger partial charge on any atom is -0.394 e. The zero-order chi connectivity index (χ0) is 8.36. The van der Waals surface area contributed by atoms with Gasteiger partial charge < -0.3 is 20.4 Å². The first-order chi connectivity index (χ1) is 4.39. The number of aliphatic hydroxyl groups excluding tert-OH is 3. The molecule has 0 heterocycles. The lowest BCUT2D eigenvalue weighted by atomic mass is 9.97. The fourth-order valence-corrected chi connectivity index (χ4v) is 0.571. The predicted octanol–water partition coefficient (Wildman–Crippen LogP) is -1.53. The summed E-state index contributed by atoms with van der Waals surface area (Å²) in [4.78, 5) is 0. The van der Waals surface area contributed by atoms with E-state index in [4.69, 9.17) is 20.4 Å². The van der Waals surface area contributed by atoms with Crippen molar-refractivity contribution in [3.8, 4) is 0 Å². The molecule has 0 aromatic carbocycles. The third-order valence-corrected chi connectivity index (χ3v) is 1.28. The minimum absolute atomic E-state index is 0.550. The van der Waals surface area contributed by atoms with Crippen LogP contribution in [0.3, 0.4) is 0 Å². The normalized spacial score (nSPS) is 18.6. The summed E-state index contributed by atoms with van der Waals surface area (Å²) in [5.74, 6) is 0. The highest BCUT2D eigenvalue weighted by Gasteiger charge is 2.30. The van der Waals surface area contributed by atoms with Gasteiger partial charge in [0.25, 0.3) is 0 Å². The highest BCUT2D eigenvalue weighted by molar-refractivity contribution is 4.81. The molecule has 0 bridgehead atoms. The Bertz CT molecular complexity index is 96.4. The summed E-state index contributed by atoms with van der Waals surface area (Å²) in [5, 5.41) is 35.2. The first-order valence-electron chi connectivity index (χ1n) is 3.09. The first-order valence-corrected chi connectivity index (χ1v) is 3.09. The largest absolute Gasteiger partial charge is 0.394 e. The standard InChI is InChI=1S/C6H14O4/c1-6(2,10)5(9)4(8)3-7/h4-5,7-10H,3H2,1-2H3/t4-,5+/m1/s1. The molecule has 0 rings (SSSR count). The molecule has 0 aromatic heterocycles. The monoisotopic (exact) mass is 150 g/mol. The molecule has 0 radical (unpaired) electrons. The van der Waals surface area contributed by atoms with Gasteiger partial charge in [-0.2, -0.15) is 0 Å². The summed E-state index contributed by atoms with van der Waals surface area (Å²) in [6, 6.07) is 0. The molecule has 0 saturated carbocycles. The topological polar surface area (TPSA) is 80.9 Å². The Labute approximate surface area is 59.7 Å². The molecule has 10 heavy (non-hydrogen) atoms. The van der Waals surface area contributed by atoms with Crippen LogP contribution in [0, 0.1) is 0 Å². The van der Waals surface area contributed by atoms with Crippen molar-refractivity contribution in [2.45, 2.75) is 31.7 Å². The molecule has 0 aromatic rings. The summed E-state index contributed by atoms with van der Waals surface area (Å²) in [6.45, 7) is 2.16. The van der Waals surface area contributed by atoms with Crippen LogP contribution in [0.1, 0.15) is 13.8 Å². The fourth-order valence-electron chi connectivity index (χ4n) is 0.571. The van der Waals surface area contributed by atoms with Gasteiger partial charge in [-0.15, -0.1) is 0 Å². The lowest BCUT2D eigenvalue weighted by Gasteiger charge is -2.27. The quantitative estimate of drug-likeness (QED) is 0.393. The number of rotatable bonds is 3. The second-order valence-corrected chi connectivity index (χ2v) is 2.85. The Kier molecular flexibility index (Phi) is 3.24. The van der Waals surface area contributed by atoms with E-state index in [1.54, 1.807) is 0 Å². The van der Waals surface area contributed by atoms with Gasteiger partial charge in [0.1, 0.15) is 12.2 Å². The van der Waals surface area contributed by atoms with Gasteiger partial charge in [0.15, 0.2) is 0 Å². The van der Waals surface area contributed by atoms with Gasteiger partial charge >= 0.3 is 0 Å². The predicted molar refractivity (Wildman–Crippen MR) is 35.4 cm³/mol. The third-order valence-electron chi connectivity index (χ3n) is 1.28. The Morgan fingerprint density at radius 2 is 1.70 bits per heavy atom. The molecule has 0 saturated heterocycles. The highest BCUT2D eigenvalue weighted by atomic mass is 16.4. The van der Waals surface area contributed by atoms with Crippen LogP contribution >= 0.6 is 0 Å². The van der Waals surface area contributed by atoms with Gasteiger partial charge in [0, 0.05) is 0 Å². The molecule has 4 heteroatoms. The van der Waals surface area contributed by atoms with Crippen LogP contribution in [0.2, 0.25) is 0 Å². The van der Waals surface area contributed by atoms with Crippen LogP contribution in [-0.2, 0) is 0 Å². The minimum atomic E-state index is -1.37. The first kappa shape index (κ1) is 9.84. The summed E-state index contributed by atoms with van der Waals surface area (Å²) in [7, 11) is 0. The van der Waals surface area contributed by atoms with Gasteiger partial charge in [0.05, 0.1) is 12.2 Å². The van der Waals surface area contributed by atoms with Crippen molar-refractivity contribution in [1.82, 2.24) is 0 Å². The van der Waals surface area contributed by atoms with E-state index in [0.29, 0.717) is 0 Å². The van der Waals surface area contributed by atoms with E-state index < -0.39 is 24.4 Å². The van der Waals surface area contributed by atoms with E-state index in [1.165, 1.54) is 13.8 Å². The lowest BCUT2D eigenvalue weighted by Crippen LogP contribution is -2.46. The molecule has 2 atom stereocenters. The number of hydrogen-bond donors (Lipinski definition) is 4. The van der Waals surface area contributed by atoms with Crippen LogP contribution in [-0.4, -0.2) is 44.8 Å². The Morgan fingerprint density at radius 3 is 1.80 bits per heavy atom. The molecular formula is C6H14O4. The van der Waals surface area contributed by atoms with E-state index in [1.807, 2.05) is 0 Å². The van der Waals surface area contributed by atoms with Gasteiger partial charge in [-0.3, -0.25) is 0 Å². The summed E-state index contributed by atoms with van der Waals surface area (Å²) >= 11 is 0. The molecule has 4 nitrogen and oxygen atoms in total. The molecule has 0 unspecified atom stereocenters. The average molecular weight is 150 g/mol. The van der Waals surface area contributed by atoms with E-state index in [9.17, 15) is 0 Å². The van der Waals surface area contributed by atoms with Crippen LogP contribution in [0.5, 0.6) is 0 Å². The fraction of sp³-hybridized carbons (Fsp3) is 1.00. The zero-order valence-electron chi connectivity index (χ0n) is 6.15. The molecule has 0 amide bonds. The molecule has 0 aliphatic rings. The summed E-state index contributed by atoms with van der Waals surface area (Å²) in [6.07, 6.45) is -2.59. The van der Waals surface area contributed by atoms with Crippen LogP contribution in [0.25, 0.3) is 0 Å². The SMILES string of the molecule is CC(C)(O)[C@@H](O)[C@H](O)CO. The summed E-state index contributed by atoms with van der Waals surface area (Å²) in [5.41, 5.74) is -1.37. The maximum atomic E-state index is 9.07. The van der Waals surface area contributed by atoms with E-state index >= 15 is 0 Å². The van der Waals surface area contributed by atoms with Crippen molar-refractivity contribution in [3.05, 3.63) is 0 Å². The van der Waals surface area contributed by atoms with Crippen LogP contribution in [0.4, 0.5) is 0 Å². The summed E-state index contributed by atoms with van der Waals surface area (Å²) < 4.78 is 0. The van der Waals surface area contributed by atoms with Gasteiger partial charge in [0.2, 0.25) is 0 Å². The van der Waals surface area contributed by atoms with Crippen molar-refractivity contribution in [2.24, 2.45) is 0 Å². The Balaban J connectivity index is 3.94. The van der Waals surface area contributed by atoms with E-state index in [0.717, 1.165) is 0 Å². The number of hydrogen-bond acceptors (Lipinski definition) is 4. The smallest absolute Gasteiger partial charge is 0.110 e. The molecule has 0 aliphatic carbocycles. The number of aliphatic hydroxyl groups is 4. The molecule has 0 aliphatic heterocycles. The van der Waals surface area contributed by atoms with Crippen molar-refractivity contribution in [3.63, 3.8) is 0 Å². The second-order valence-electron chi connectivity index (χ2n) is 2.85. The third kappa shape index (κ3) is 2.62. The molecule has 0 spiro atoms. The maximum absolute atomic E-state index is 9.07. The van der Waals surface area contributed by atoms with Crippen molar-refractivity contribution in [2.75, 3.05) is 6.61 Å². The van der Waals surface area contributed by atoms with Gasteiger partial charge in [-0.1, -0.05) is 0 Å². The molecular weight excluding hydrogens is 136 g/mol. The van der Waals surface area contributed by atoms with Gasteiger partial charge in [-0.05, 0) is 13.8 Å². The Morgan fingerprint density at radius 1 is 1.30 bits per heavy atom. The molecule has 0 fully saturated rings. The van der Waals surface area contributed by atoms with Crippen molar-refractivity contribution >= 4 is 0 Å². The maximum Gasteiger partial charge on any atom is 0.110 e. The van der Waals surface area contributed by atoms with Crippen molar-refractivity contribution < 1.29 is 20.4 Å². The average Bonchev–Trinajstić information content (AvgIpc) is 1.83.